The molecule has 2 atom stereocenters. The van der Waals surface area contributed by atoms with Gasteiger partial charge in [-0.2, -0.15) is 0 Å². The number of hydrogen-bond donors (Lipinski definition) is 1. The Morgan fingerprint density at radius 1 is 1.29 bits per heavy atom. The van der Waals surface area contributed by atoms with Gasteiger partial charge in [0.1, 0.15) is 6.10 Å². The van der Waals surface area contributed by atoms with Crippen molar-refractivity contribution in [3.8, 4) is 0 Å². The Labute approximate surface area is 102 Å². The molecule has 0 aromatic rings. The monoisotopic (exact) mass is 239 g/mol. The number of morpholine rings is 1. The molecule has 2 unspecified atom stereocenters. The van der Waals surface area contributed by atoms with Crippen molar-refractivity contribution in [3.63, 3.8) is 0 Å². The molecule has 2 heterocycles. The third-order valence-electron chi connectivity index (χ3n) is 4.41. The summed E-state index contributed by atoms with van der Waals surface area (Å²) in [6, 6.07) is 0. The molecule has 1 saturated carbocycles. The van der Waals surface area contributed by atoms with Crippen molar-refractivity contribution in [2.24, 2.45) is 5.92 Å². The van der Waals surface area contributed by atoms with Crippen LogP contribution in [0.4, 0.5) is 0 Å². The van der Waals surface area contributed by atoms with E-state index in [9.17, 15) is 4.79 Å². The molecule has 2 saturated heterocycles. The Kier molecular flexibility index (Phi) is 3.19. The minimum Gasteiger partial charge on any atom is -0.375 e. The lowest BCUT2D eigenvalue weighted by molar-refractivity contribution is -0.162. The molecule has 1 spiro atoms. The summed E-state index contributed by atoms with van der Waals surface area (Å²) in [6.07, 6.45) is 5.11. The van der Waals surface area contributed by atoms with Gasteiger partial charge < -0.3 is 14.8 Å². The van der Waals surface area contributed by atoms with Crippen molar-refractivity contribution in [3.05, 3.63) is 0 Å². The van der Waals surface area contributed by atoms with Gasteiger partial charge in [0.15, 0.2) is 5.78 Å². The Bertz CT molecular complexity index is 295. The van der Waals surface area contributed by atoms with Crippen molar-refractivity contribution in [1.29, 1.82) is 0 Å². The summed E-state index contributed by atoms with van der Waals surface area (Å²) in [5, 5.41) is 3.23. The maximum atomic E-state index is 12.4. The minimum atomic E-state index is -0.219. The molecule has 17 heavy (non-hydrogen) atoms. The molecule has 3 rings (SSSR count). The van der Waals surface area contributed by atoms with Crippen LogP contribution in [0.1, 0.15) is 32.1 Å². The molecule has 96 valence electrons. The fraction of sp³-hybridized carbons (Fsp3) is 0.923. The number of rotatable bonds is 2. The van der Waals surface area contributed by atoms with Crippen molar-refractivity contribution in [2.75, 3.05) is 26.3 Å². The molecule has 0 aromatic carbocycles. The quantitative estimate of drug-likeness (QED) is 0.777. The van der Waals surface area contributed by atoms with Crippen molar-refractivity contribution >= 4 is 5.78 Å². The Balaban J connectivity index is 1.60. The molecule has 3 fully saturated rings. The molecule has 4 nitrogen and oxygen atoms in total. The molecule has 1 N–H and O–H groups in total. The first kappa shape index (κ1) is 11.6. The molecule has 0 bridgehead atoms. The zero-order valence-electron chi connectivity index (χ0n) is 10.2. The van der Waals surface area contributed by atoms with Crippen molar-refractivity contribution in [1.82, 2.24) is 5.32 Å². The fourth-order valence-corrected chi connectivity index (χ4v) is 3.20. The number of Topliss-reactive ketones (excluding diaryl/α,β-unsaturated/α-hetero) is 1. The molecular weight excluding hydrogens is 218 g/mol. The van der Waals surface area contributed by atoms with Gasteiger partial charge >= 0.3 is 0 Å². The standard InChI is InChI=1S/C13H21NO3/c15-12(11-9-14-5-7-16-11)10-2-6-17-13(8-10)3-1-4-13/h10-11,14H,1-9H2. The highest BCUT2D eigenvalue weighted by molar-refractivity contribution is 5.86. The van der Waals surface area contributed by atoms with E-state index < -0.39 is 0 Å². The van der Waals surface area contributed by atoms with Crippen LogP contribution >= 0.6 is 0 Å². The van der Waals surface area contributed by atoms with Crippen LogP contribution in [0.5, 0.6) is 0 Å². The molecule has 2 aliphatic heterocycles. The van der Waals surface area contributed by atoms with E-state index in [0.29, 0.717) is 18.9 Å². The van der Waals surface area contributed by atoms with E-state index >= 15 is 0 Å². The van der Waals surface area contributed by atoms with Gasteiger partial charge in [-0.15, -0.1) is 0 Å². The number of carbonyl (C=O) groups excluding carboxylic acids is 1. The maximum absolute atomic E-state index is 12.4. The second-order valence-electron chi connectivity index (χ2n) is 5.54. The van der Waals surface area contributed by atoms with E-state index in [2.05, 4.69) is 5.32 Å². The molecular formula is C13H21NO3. The minimum absolute atomic E-state index is 0.0562. The van der Waals surface area contributed by atoms with Crippen LogP contribution in [0.25, 0.3) is 0 Å². The molecule has 1 aliphatic carbocycles. The first-order valence-electron chi connectivity index (χ1n) is 6.79. The third-order valence-corrected chi connectivity index (χ3v) is 4.41. The lowest BCUT2D eigenvalue weighted by atomic mass is 9.70. The highest BCUT2D eigenvalue weighted by atomic mass is 16.5. The summed E-state index contributed by atoms with van der Waals surface area (Å²) in [7, 11) is 0. The van der Waals surface area contributed by atoms with Crippen LogP contribution in [-0.4, -0.2) is 43.8 Å². The smallest absolute Gasteiger partial charge is 0.166 e. The predicted molar refractivity (Wildman–Crippen MR) is 62.9 cm³/mol. The topological polar surface area (TPSA) is 47.6 Å². The average Bonchev–Trinajstić information content (AvgIpc) is 2.37. The highest BCUT2D eigenvalue weighted by Gasteiger charge is 2.45. The molecule has 4 heteroatoms. The number of nitrogens with one attached hydrogen (secondary N) is 1. The lowest BCUT2D eigenvalue weighted by Crippen LogP contribution is -2.51. The van der Waals surface area contributed by atoms with E-state index in [1.54, 1.807) is 0 Å². The Morgan fingerprint density at radius 2 is 2.18 bits per heavy atom. The van der Waals surface area contributed by atoms with Crippen LogP contribution in [0, 0.1) is 5.92 Å². The summed E-state index contributed by atoms with van der Waals surface area (Å²) < 4.78 is 11.4. The average molecular weight is 239 g/mol. The number of ether oxygens (including phenoxy) is 2. The summed E-state index contributed by atoms with van der Waals surface area (Å²) in [5.41, 5.74) is 0.0562. The van der Waals surface area contributed by atoms with E-state index in [1.165, 1.54) is 6.42 Å². The zero-order chi connectivity index (χ0) is 11.7. The first-order chi connectivity index (χ1) is 8.29. The van der Waals surface area contributed by atoms with Gasteiger partial charge in [0.05, 0.1) is 12.2 Å². The van der Waals surface area contributed by atoms with Gasteiger partial charge in [0.2, 0.25) is 0 Å². The van der Waals surface area contributed by atoms with Gasteiger partial charge in [-0.3, -0.25) is 4.79 Å². The number of ketones is 1. The van der Waals surface area contributed by atoms with Crippen molar-refractivity contribution < 1.29 is 14.3 Å². The highest BCUT2D eigenvalue weighted by Crippen LogP contribution is 2.44. The largest absolute Gasteiger partial charge is 0.375 e. The SMILES string of the molecule is O=C(C1CCOC2(CCC2)C1)C1CNCCO1. The molecule has 0 amide bonds. The van der Waals surface area contributed by atoms with Gasteiger partial charge in [-0.25, -0.2) is 0 Å². The summed E-state index contributed by atoms with van der Waals surface area (Å²) in [4.78, 5) is 12.4. The van der Waals surface area contributed by atoms with Gasteiger partial charge in [0, 0.05) is 25.6 Å². The van der Waals surface area contributed by atoms with E-state index in [-0.39, 0.29) is 17.6 Å². The third kappa shape index (κ3) is 2.26. The van der Waals surface area contributed by atoms with Crippen LogP contribution in [0.2, 0.25) is 0 Å². The normalized spacial score (nSPS) is 36.5. The van der Waals surface area contributed by atoms with Crippen molar-refractivity contribution in [2.45, 2.75) is 43.8 Å². The van der Waals surface area contributed by atoms with E-state index in [0.717, 1.165) is 38.8 Å². The maximum Gasteiger partial charge on any atom is 0.166 e. The summed E-state index contributed by atoms with van der Waals surface area (Å²) in [5.74, 6) is 0.459. The lowest BCUT2D eigenvalue weighted by Gasteiger charge is -2.47. The van der Waals surface area contributed by atoms with Gasteiger partial charge in [0.25, 0.3) is 0 Å². The van der Waals surface area contributed by atoms with Crippen LogP contribution in [-0.2, 0) is 14.3 Å². The first-order valence-corrected chi connectivity index (χ1v) is 6.79. The molecule has 0 aromatic heterocycles. The van der Waals surface area contributed by atoms with Crippen LogP contribution in [0.15, 0.2) is 0 Å². The number of hydrogen-bond acceptors (Lipinski definition) is 4. The summed E-state index contributed by atoms with van der Waals surface area (Å²) in [6.45, 7) is 2.95. The Morgan fingerprint density at radius 3 is 2.82 bits per heavy atom. The van der Waals surface area contributed by atoms with Gasteiger partial charge in [-0.05, 0) is 32.1 Å². The van der Waals surface area contributed by atoms with Crippen LogP contribution in [0.3, 0.4) is 0 Å². The Hall–Kier alpha value is -0.450. The number of carbonyl (C=O) groups is 1. The van der Waals surface area contributed by atoms with Gasteiger partial charge in [-0.1, -0.05) is 0 Å². The second-order valence-corrected chi connectivity index (χ2v) is 5.54. The van der Waals surface area contributed by atoms with E-state index in [1.807, 2.05) is 0 Å². The molecule has 3 aliphatic rings. The van der Waals surface area contributed by atoms with E-state index in [4.69, 9.17) is 9.47 Å². The molecule has 0 radical (unpaired) electrons. The summed E-state index contributed by atoms with van der Waals surface area (Å²) >= 11 is 0. The second kappa shape index (κ2) is 4.67. The fourth-order valence-electron chi connectivity index (χ4n) is 3.20. The zero-order valence-corrected chi connectivity index (χ0v) is 10.2. The van der Waals surface area contributed by atoms with Crippen LogP contribution < -0.4 is 5.32 Å². The predicted octanol–water partition coefficient (Wildman–Crippen LogP) is 0.893.